The first-order valence-electron chi connectivity index (χ1n) is 6.25. The normalized spacial score (nSPS) is 16.8. The molecule has 2 aromatic rings. The summed E-state index contributed by atoms with van der Waals surface area (Å²) >= 11 is 2.91. The first-order chi connectivity index (χ1) is 8.77. The van der Waals surface area contributed by atoms with Crippen LogP contribution in [0.1, 0.15) is 8.22 Å². The van der Waals surface area contributed by atoms with Crippen LogP contribution in [0.2, 0.25) is 0 Å². The van der Waals surface area contributed by atoms with Gasteiger partial charge in [-0.2, -0.15) is 5.10 Å². The molecule has 0 saturated carbocycles. The van der Waals surface area contributed by atoms with Gasteiger partial charge in [0.05, 0.1) is 8.22 Å². The van der Waals surface area contributed by atoms with Crippen LogP contribution in [0.15, 0.2) is 41.0 Å². The lowest BCUT2D eigenvalue weighted by Gasteiger charge is -2.00. The molecule has 0 aliphatic rings. The van der Waals surface area contributed by atoms with Gasteiger partial charge >= 0.3 is 0 Å². The van der Waals surface area contributed by atoms with Crippen LogP contribution in [0, 0.1) is 5.82 Å². The zero-order valence-electron chi connectivity index (χ0n) is 12.2. The molecular formula is C9H6BrFN2. The summed E-state index contributed by atoms with van der Waals surface area (Å²) in [5.41, 5.74) is -0.574. The lowest BCUT2D eigenvalue weighted by Crippen LogP contribution is -1.97. The van der Waals surface area contributed by atoms with Crippen molar-refractivity contribution >= 4 is 15.9 Å². The molecule has 0 amide bonds. The average molecular weight is 247 g/mol. The van der Waals surface area contributed by atoms with E-state index >= 15 is 0 Å². The molecule has 0 saturated heterocycles. The Bertz CT molecular complexity index is 657. The Kier molecular flexibility index (Phi) is 0.994. The van der Waals surface area contributed by atoms with Gasteiger partial charge in [-0.25, -0.2) is 9.07 Å². The topological polar surface area (TPSA) is 17.8 Å². The Morgan fingerprint density at radius 1 is 1.38 bits per heavy atom. The first kappa shape index (κ1) is 3.92. The molecule has 0 fully saturated rings. The molecule has 0 N–H and O–H groups in total. The van der Waals surface area contributed by atoms with Gasteiger partial charge in [-0.15, -0.1) is 0 Å². The zero-order chi connectivity index (χ0) is 14.5. The van der Waals surface area contributed by atoms with Crippen LogP contribution >= 0.6 is 15.9 Å². The Labute approximate surface area is 91.6 Å². The van der Waals surface area contributed by atoms with Gasteiger partial charge < -0.3 is 0 Å². The number of hydrogen-bond acceptors (Lipinski definition) is 1. The van der Waals surface area contributed by atoms with Crippen molar-refractivity contribution < 1.29 is 12.6 Å². The van der Waals surface area contributed by atoms with E-state index in [1.165, 1.54) is 0 Å². The second kappa shape index (κ2) is 3.30. The summed E-state index contributed by atoms with van der Waals surface area (Å²) in [7, 11) is 0. The molecule has 0 unspecified atom stereocenters. The summed E-state index contributed by atoms with van der Waals surface area (Å²) in [6, 6.07) is -3.11. The maximum absolute atomic E-state index is 14.0. The van der Waals surface area contributed by atoms with Gasteiger partial charge in [0.25, 0.3) is 0 Å². The quantitative estimate of drug-likeness (QED) is 0.757. The molecule has 0 atom stereocenters. The Hall–Kier alpha value is -1.16. The minimum absolute atomic E-state index is 0.00990. The number of halogens is 2. The summed E-state index contributed by atoms with van der Waals surface area (Å²) in [6.07, 6.45) is -0.476. The Balaban J connectivity index is 2.87. The van der Waals surface area contributed by atoms with Gasteiger partial charge in [0.2, 0.25) is 0 Å². The van der Waals surface area contributed by atoms with Crippen LogP contribution in [0.4, 0.5) is 4.39 Å². The third-order valence-electron chi connectivity index (χ3n) is 1.29. The van der Waals surface area contributed by atoms with Gasteiger partial charge in [-0.05, 0) is 34.1 Å². The van der Waals surface area contributed by atoms with Crippen LogP contribution in [0.25, 0.3) is 5.69 Å². The van der Waals surface area contributed by atoms with Crippen LogP contribution in [0.5, 0.6) is 0 Å². The largest absolute Gasteiger partial charge is 0.237 e. The second-order valence-corrected chi connectivity index (χ2v) is 2.85. The highest BCUT2D eigenvalue weighted by Crippen LogP contribution is 2.13. The molecule has 1 heterocycles. The highest BCUT2D eigenvalue weighted by Gasteiger charge is 2.03. The van der Waals surface area contributed by atoms with Crippen molar-refractivity contribution in [3.63, 3.8) is 0 Å². The van der Waals surface area contributed by atoms with E-state index in [4.69, 9.17) is 8.22 Å². The summed E-state index contributed by atoms with van der Waals surface area (Å²) < 4.78 is 59.5. The van der Waals surface area contributed by atoms with E-state index in [-0.39, 0.29) is 10.6 Å². The number of nitrogens with zero attached hydrogens (tertiary/aromatic N) is 2. The molecule has 2 nitrogen and oxygen atoms in total. The fourth-order valence-corrected chi connectivity index (χ4v) is 1.03. The molecule has 1 aromatic heterocycles. The van der Waals surface area contributed by atoms with Crippen LogP contribution < -0.4 is 0 Å². The number of hydrogen-bond donors (Lipinski definition) is 0. The predicted molar refractivity (Wildman–Crippen MR) is 51.2 cm³/mol. The monoisotopic (exact) mass is 246 g/mol. The third-order valence-corrected chi connectivity index (χ3v) is 1.64. The Morgan fingerprint density at radius 2 is 2.15 bits per heavy atom. The van der Waals surface area contributed by atoms with Crippen molar-refractivity contribution in [1.82, 2.24) is 9.78 Å². The van der Waals surface area contributed by atoms with Gasteiger partial charge in [0.1, 0.15) is 16.1 Å². The Morgan fingerprint density at radius 3 is 2.85 bits per heavy atom. The number of rotatable bonds is 1. The maximum Gasteiger partial charge on any atom is 0.148 e. The number of benzene rings is 1. The van der Waals surface area contributed by atoms with Crippen molar-refractivity contribution in [3.05, 3.63) is 46.8 Å². The molecule has 0 radical (unpaired) electrons. The standard InChI is InChI=1S/C9H6BrFN2/c10-9-5-6-13(12-9)8-4-2-1-3-7(8)11/h1-6H/i1D,2D,3D,4D,5D,6D. The van der Waals surface area contributed by atoms with Crippen LogP contribution in [0.3, 0.4) is 0 Å². The molecule has 0 aliphatic carbocycles. The third kappa shape index (κ3) is 1.62. The van der Waals surface area contributed by atoms with Gasteiger partial charge in [-0.3, -0.25) is 0 Å². The van der Waals surface area contributed by atoms with E-state index in [0.717, 1.165) is 0 Å². The van der Waals surface area contributed by atoms with Gasteiger partial charge in [-0.1, -0.05) is 12.1 Å². The van der Waals surface area contributed by atoms with Gasteiger partial charge in [0.15, 0.2) is 0 Å². The molecule has 2 rings (SSSR count). The van der Waals surface area contributed by atoms with E-state index in [9.17, 15) is 4.39 Å². The SMILES string of the molecule is [2H]c1c([2H])c([2H])c(-n2nc(Br)c([2H])c2[2H])c(F)c1[2H]. The molecule has 66 valence electrons. The smallest absolute Gasteiger partial charge is 0.148 e. The fourth-order valence-electron chi connectivity index (χ4n) is 0.779. The van der Waals surface area contributed by atoms with Crippen LogP contribution in [-0.4, -0.2) is 9.78 Å². The summed E-state index contributed by atoms with van der Waals surface area (Å²) in [6.45, 7) is 0. The fraction of sp³-hybridized carbons (Fsp3) is 0. The number of para-hydroxylation sites is 1. The molecule has 0 spiro atoms. The van der Waals surface area contributed by atoms with E-state index in [2.05, 4.69) is 21.0 Å². The summed E-state index contributed by atoms with van der Waals surface area (Å²) in [4.78, 5) is 0. The molecule has 4 heteroatoms. The molecule has 0 aliphatic heterocycles. The highest BCUT2D eigenvalue weighted by atomic mass is 79.9. The minimum atomic E-state index is -1.21. The minimum Gasteiger partial charge on any atom is -0.237 e. The maximum atomic E-state index is 14.0. The van der Waals surface area contributed by atoms with Gasteiger partial charge in [0, 0.05) is 6.17 Å². The lowest BCUT2D eigenvalue weighted by molar-refractivity contribution is 0.610. The van der Waals surface area contributed by atoms with Crippen molar-refractivity contribution in [3.8, 4) is 5.69 Å². The van der Waals surface area contributed by atoms with E-state index in [1.54, 1.807) is 0 Å². The molecule has 13 heavy (non-hydrogen) atoms. The van der Waals surface area contributed by atoms with Crippen molar-refractivity contribution in [1.29, 1.82) is 0 Å². The van der Waals surface area contributed by atoms with Crippen molar-refractivity contribution in [2.45, 2.75) is 0 Å². The van der Waals surface area contributed by atoms with Crippen molar-refractivity contribution in [2.24, 2.45) is 0 Å². The molecular weight excluding hydrogens is 235 g/mol. The summed E-state index contributed by atoms with van der Waals surface area (Å²) in [5.74, 6) is -1.21. The molecule has 0 bridgehead atoms. The highest BCUT2D eigenvalue weighted by molar-refractivity contribution is 9.10. The van der Waals surface area contributed by atoms with E-state index in [0.29, 0.717) is 4.68 Å². The van der Waals surface area contributed by atoms with E-state index < -0.39 is 41.8 Å². The second-order valence-electron chi connectivity index (χ2n) is 2.10. The van der Waals surface area contributed by atoms with Crippen molar-refractivity contribution in [2.75, 3.05) is 0 Å². The van der Waals surface area contributed by atoms with E-state index in [1.807, 2.05) is 0 Å². The summed E-state index contributed by atoms with van der Waals surface area (Å²) in [5, 5.41) is 3.68. The first-order valence-corrected chi connectivity index (χ1v) is 4.04. The zero-order valence-corrected chi connectivity index (χ0v) is 7.74. The number of aromatic nitrogens is 2. The predicted octanol–water partition coefficient (Wildman–Crippen LogP) is 2.77. The lowest BCUT2D eigenvalue weighted by atomic mass is 10.3. The molecule has 1 aromatic carbocycles. The van der Waals surface area contributed by atoms with Crippen LogP contribution in [-0.2, 0) is 0 Å². The average Bonchev–Trinajstić information content (AvgIpc) is 2.62.